The molecule has 0 aliphatic heterocycles. The van der Waals surface area contributed by atoms with Crippen LogP contribution in [0.5, 0.6) is 11.5 Å². The van der Waals surface area contributed by atoms with Crippen LogP contribution in [0.3, 0.4) is 0 Å². The Bertz CT molecular complexity index is 506. The first kappa shape index (κ1) is 15.6. The van der Waals surface area contributed by atoms with Crippen molar-refractivity contribution in [2.24, 2.45) is 5.73 Å². The topological polar surface area (TPSA) is 116 Å². The van der Waals surface area contributed by atoms with Gasteiger partial charge in [0.15, 0.2) is 11.5 Å². The molecule has 21 heavy (non-hydrogen) atoms. The highest BCUT2D eigenvalue weighted by Gasteiger charge is 2.26. The van der Waals surface area contributed by atoms with Crippen LogP contribution < -0.4 is 11.1 Å². The molecule has 3 atom stereocenters. The van der Waals surface area contributed by atoms with E-state index in [-0.39, 0.29) is 29.9 Å². The minimum Gasteiger partial charge on any atom is -0.504 e. The van der Waals surface area contributed by atoms with E-state index in [2.05, 4.69) is 5.32 Å². The molecule has 0 unspecified atom stereocenters. The Kier molecular flexibility index (Phi) is 5.03. The van der Waals surface area contributed by atoms with Gasteiger partial charge in [-0.3, -0.25) is 4.79 Å². The third-order valence-corrected chi connectivity index (χ3v) is 3.89. The summed E-state index contributed by atoms with van der Waals surface area (Å²) in [6.45, 7) is 0. The molecule has 0 saturated heterocycles. The molecule has 116 valence electrons. The quantitative estimate of drug-likeness (QED) is 0.515. The zero-order chi connectivity index (χ0) is 15.4. The fourth-order valence-corrected chi connectivity index (χ4v) is 2.61. The van der Waals surface area contributed by atoms with E-state index in [0.29, 0.717) is 12.0 Å². The Morgan fingerprint density at radius 2 is 2.00 bits per heavy atom. The van der Waals surface area contributed by atoms with Crippen LogP contribution in [-0.2, 0) is 11.2 Å². The Hall–Kier alpha value is -1.79. The second kappa shape index (κ2) is 6.78. The minimum atomic E-state index is -0.761. The number of carbonyl (C=O) groups is 1. The first-order valence-electron chi connectivity index (χ1n) is 7.22. The standard InChI is InChI=1S/C15H22N2O4/c16-10(7-9-5-6-13(19)14(20)8-9)15(21)17-11-3-1-2-4-12(11)18/h5-6,8,10-12,18-20H,1-4,7,16H2,(H,17,21)/t10-,11-,12-/m0/s1. The number of aliphatic hydroxyl groups is 1. The number of benzene rings is 1. The lowest BCUT2D eigenvalue weighted by Crippen LogP contribution is -2.51. The summed E-state index contributed by atoms with van der Waals surface area (Å²) in [5, 5.41) is 31.3. The molecule has 1 aliphatic rings. The van der Waals surface area contributed by atoms with E-state index in [1.165, 1.54) is 12.1 Å². The van der Waals surface area contributed by atoms with E-state index in [9.17, 15) is 20.1 Å². The van der Waals surface area contributed by atoms with E-state index in [1.54, 1.807) is 6.07 Å². The number of aromatic hydroxyl groups is 2. The summed E-state index contributed by atoms with van der Waals surface area (Å²) in [6, 6.07) is 3.36. The molecule has 1 fully saturated rings. The average Bonchev–Trinajstić information content (AvgIpc) is 2.45. The van der Waals surface area contributed by atoms with Crippen molar-refractivity contribution in [3.63, 3.8) is 0 Å². The van der Waals surface area contributed by atoms with Crippen molar-refractivity contribution < 1.29 is 20.1 Å². The first-order chi connectivity index (χ1) is 9.97. The van der Waals surface area contributed by atoms with Gasteiger partial charge in [-0.25, -0.2) is 0 Å². The highest BCUT2D eigenvalue weighted by Crippen LogP contribution is 2.25. The summed E-state index contributed by atoms with van der Waals surface area (Å²) in [6.07, 6.45) is 3.18. The van der Waals surface area contributed by atoms with E-state index in [1.807, 2.05) is 0 Å². The molecule has 1 amide bonds. The second-order valence-electron chi connectivity index (χ2n) is 5.60. The summed E-state index contributed by atoms with van der Waals surface area (Å²) in [7, 11) is 0. The highest BCUT2D eigenvalue weighted by molar-refractivity contribution is 5.82. The Labute approximate surface area is 123 Å². The molecular weight excluding hydrogens is 272 g/mol. The van der Waals surface area contributed by atoms with E-state index in [4.69, 9.17) is 5.73 Å². The minimum absolute atomic E-state index is 0.206. The monoisotopic (exact) mass is 294 g/mol. The van der Waals surface area contributed by atoms with Crippen molar-refractivity contribution in [1.29, 1.82) is 0 Å². The van der Waals surface area contributed by atoms with Crippen LogP contribution >= 0.6 is 0 Å². The number of amides is 1. The van der Waals surface area contributed by atoms with Gasteiger partial charge in [-0.1, -0.05) is 18.9 Å². The molecule has 1 aromatic carbocycles. The van der Waals surface area contributed by atoms with E-state index < -0.39 is 12.1 Å². The smallest absolute Gasteiger partial charge is 0.237 e. The van der Waals surface area contributed by atoms with Crippen LogP contribution in [0.15, 0.2) is 18.2 Å². The van der Waals surface area contributed by atoms with Crippen LogP contribution in [0, 0.1) is 0 Å². The molecule has 0 aromatic heterocycles. The van der Waals surface area contributed by atoms with Crippen molar-refractivity contribution in [2.45, 2.75) is 50.3 Å². The fourth-order valence-electron chi connectivity index (χ4n) is 2.61. The molecule has 1 saturated carbocycles. The van der Waals surface area contributed by atoms with Gasteiger partial charge < -0.3 is 26.4 Å². The maximum Gasteiger partial charge on any atom is 0.237 e. The SMILES string of the molecule is N[C@@H](Cc1ccc(O)c(O)c1)C(=O)N[C@H]1CCCC[C@@H]1O. The molecule has 0 bridgehead atoms. The average molecular weight is 294 g/mol. The summed E-state index contributed by atoms with van der Waals surface area (Å²) >= 11 is 0. The molecule has 2 rings (SSSR count). The number of hydrogen-bond donors (Lipinski definition) is 5. The number of rotatable bonds is 4. The Morgan fingerprint density at radius 3 is 2.67 bits per heavy atom. The van der Waals surface area contributed by atoms with Gasteiger partial charge in [-0.2, -0.15) is 0 Å². The van der Waals surface area contributed by atoms with Gasteiger partial charge in [0, 0.05) is 0 Å². The maximum absolute atomic E-state index is 12.1. The van der Waals surface area contributed by atoms with Crippen LogP contribution in [0.25, 0.3) is 0 Å². The normalized spacial score (nSPS) is 23.5. The molecule has 6 N–H and O–H groups in total. The zero-order valence-electron chi connectivity index (χ0n) is 11.8. The van der Waals surface area contributed by atoms with Gasteiger partial charge >= 0.3 is 0 Å². The lowest BCUT2D eigenvalue weighted by molar-refractivity contribution is -0.124. The van der Waals surface area contributed by atoms with Crippen LogP contribution in [0.1, 0.15) is 31.2 Å². The van der Waals surface area contributed by atoms with E-state index >= 15 is 0 Å². The first-order valence-corrected chi connectivity index (χ1v) is 7.22. The summed E-state index contributed by atoms with van der Waals surface area (Å²) in [5.74, 6) is -0.751. The summed E-state index contributed by atoms with van der Waals surface area (Å²) in [5.41, 5.74) is 6.53. The van der Waals surface area contributed by atoms with Crippen molar-refractivity contribution in [3.8, 4) is 11.5 Å². The fraction of sp³-hybridized carbons (Fsp3) is 0.533. The molecule has 0 radical (unpaired) electrons. The number of hydrogen-bond acceptors (Lipinski definition) is 5. The Morgan fingerprint density at radius 1 is 1.29 bits per heavy atom. The molecule has 0 heterocycles. The molecule has 1 aromatic rings. The lowest BCUT2D eigenvalue weighted by Gasteiger charge is -2.29. The number of carbonyl (C=O) groups excluding carboxylic acids is 1. The van der Waals surface area contributed by atoms with Crippen LogP contribution in [0.2, 0.25) is 0 Å². The van der Waals surface area contributed by atoms with Crippen LogP contribution in [0.4, 0.5) is 0 Å². The third kappa shape index (κ3) is 4.09. The predicted molar refractivity (Wildman–Crippen MR) is 77.9 cm³/mol. The third-order valence-electron chi connectivity index (χ3n) is 3.89. The Balaban J connectivity index is 1.91. The zero-order valence-corrected chi connectivity index (χ0v) is 11.8. The number of nitrogens with one attached hydrogen (secondary N) is 1. The van der Waals surface area contributed by atoms with Gasteiger partial charge in [-0.15, -0.1) is 0 Å². The molecule has 6 nitrogen and oxygen atoms in total. The maximum atomic E-state index is 12.1. The van der Waals surface area contributed by atoms with Gasteiger partial charge in [0.2, 0.25) is 5.91 Å². The number of aliphatic hydroxyl groups excluding tert-OH is 1. The number of phenolic OH excluding ortho intramolecular Hbond substituents is 2. The number of nitrogens with two attached hydrogens (primary N) is 1. The van der Waals surface area contributed by atoms with Gasteiger partial charge in [0.05, 0.1) is 18.2 Å². The highest BCUT2D eigenvalue weighted by atomic mass is 16.3. The summed E-state index contributed by atoms with van der Waals surface area (Å²) in [4.78, 5) is 12.1. The predicted octanol–water partition coefficient (Wildman–Crippen LogP) is 0.387. The van der Waals surface area contributed by atoms with Gasteiger partial charge in [-0.05, 0) is 37.0 Å². The molecule has 1 aliphatic carbocycles. The molecule has 0 spiro atoms. The van der Waals surface area contributed by atoms with E-state index in [0.717, 1.165) is 19.3 Å². The molecular formula is C15H22N2O4. The molecule has 6 heteroatoms. The van der Waals surface area contributed by atoms with Gasteiger partial charge in [0.1, 0.15) is 0 Å². The lowest BCUT2D eigenvalue weighted by atomic mass is 9.92. The van der Waals surface area contributed by atoms with Crippen molar-refractivity contribution in [2.75, 3.05) is 0 Å². The van der Waals surface area contributed by atoms with Crippen molar-refractivity contribution in [3.05, 3.63) is 23.8 Å². The van der Waals surface area contributed by atoms with Crippen molar-refractivity contribution in [1.82, 2.24) is 5.32 Å². The van der Waals surface area contributed by atoms with Crippen LogP contribution in [-0.4, -0.2) is 39.4 Å². The van der Waals surface area contributed by atoms with Crippen molar-refractivity contribution >= 4 is 5.91 Å². The van der Waals surface area contributed by atoms with Gasteiger partial charge in [0.25, 0.3) is 0 Å². The summed E-state index contributed by atoms with van der Waals surface area (Å²) < 4.78 is 0. The largest absolute Gasteiger partial charge is 0.504 e. The second-order valence-corrected chi connectivity index (χ2v) is 5.60. The number of phenols is 2.